The number of aromatic nitrogens is 3. The van der Waals surface area contributed by atoms with E-state index in [0.717, 1.165) is 28.1 Å². The first-order valence-corrected chi connectivity index (χ1v) is 10.2. The number of halogens is 1. The summed E-state index contributed by atoms with van der Waals surface area (Å²) in [5.41, 5.74) is 2.11. The highest BCUT2D eigenvalue weighted by Crippen LogP contribution is 2.27. The zero-order valence-corrected chi connectivity index (χ0v) is 16.6. The summed E-state index contributed by atoms with van der Waals surface area (Å²) in [7, 11) is 0. The van der Waals surface area contributed by atoms with E-state index in [1.807, 2.05) is 54.6 Å². The molecule has 0 radical (unpaired) electrons. The number of benzene rings is 2. The summed E-state index contributed by atoms with van der Waals surface area (Å²) in [6.45, 7) is 0.562. The van der Waals surface area contributed by atoms with Gasteiger partial charge in [0.25, 0.3) is 0 Å². The van der Waals surface area contributed by atoms with Crippen LogP contribution in [0.25, 0.3) is 17.5 Å². The quantitative estimate of drug-likeness (QED) is 0.350. The molecule has 4 aromatic rings. The van der Waals surface area contributed by atoms with Crippen LogP contribution in [0, 0.1) is 0 Å². The minimum atomic E-state index is 0.562. The Morgan fingerprint density at radius 3 is 2.68 bits per heavy atom. The van der Waals surface area contributed by atoms with Crippen molar-refractivity contribution in [3.05, 3.63) is 95.4 Å². The molecule has 140 valence electrons. The van der Waals surface area contributed by atoms with Crippen LogP contribution < -0.4 is 0 Å². The Hall–Kier alpha value is -2.76. The second-order valence-electron chi connectivity index (χ2n) is 6.11. The van der Waals surface area contributed by atoms with Crippen molar-refractivity contribution in [2.45, 2.75) is 11.7 Å². The van der Waals surface area contributed by atoms with Gasteiger partial charge in [-0.2, -0.15) is 0 Å². The van der Waals surface area contributed by atoms with E-state index >= 15 is 0 Å². The molecule has 0 aliphatic carbocycles. The number of nitrogens with zero attached hydrogens (tertiary/aromatic N) is 3. The molecule has 0 aliphatic heterocycles. The van der Waals surface area contributed by atoms with Crippen LogP contribution in [0.3, 0.4) is 0 Å². The van der Waals surface area contributed by atoms with Gasteiger partial charge in [0.1, 0.15) is 5.76 Å². The van der Waals surface area contributed by atoms with Crippen molar-refractivity contribution in [1.82, 2.24) is 14.8 Å². The van der Waals surface area contributed by atoms with Crippen LogP contribution in [-0.2, 0) is 6.54 Å². The molecule has 4 nitrogen and oxygen atoms in total. The topological polar surface area (TPSA) is 43.9 Å². The summed E-state index contributed by atoms with van der Waals surface area (Å²) >= 11 is 7.80. The molecule has 0 amide bonds. The molecule has 0 atom stereocenters. The van der Waals surface area contributed by atoms with Crippen LogP contribution >= 0.6 is 23.4 Å². The highest BCUT2D eigenvalue weighted by Gasteiger charge is 2.15. The second kappa shape index (κ2) is 8.95. The third-order valence-electron chi connectivity index (χ3n) is 4.11. The molecule has 0 saturated heterocycles. The predicted octanol–water partition coefficient (Wildman–Crippen LogP) is 6.05. The first-order chi connectivity index (χ1) is 13.8. The molecule has 2 aromatic heterocycles. The number of hydrogen-bond acceptors (Lipinski definition) is 4. The summed E-state index contributed by atoms with van der Waals surface area (Å²) in [5.74, 6) is 2.42. The van der Waals surface area contributed by atoms with Crippen molar-refractivity contribution >= 4 is 29.4 Å². The molecule has 6 heteroatoms. The maximum Gasteiger partial charge on any atom is 0.192 e. The lowest BCUT2D eigenvalue weighted by molar-refractivity contribution is 0.485. The Morgan fingerprint density at radius 1 is 1.00 bits per heavy atom. The van der Waals surface area contributed by atoms with Gasteiger partial charge in [0.05, 0.1) is 12.8 Å². The molecule has 0 N–H and O–H groups in total. The smallest absolute Gasteiger partial charge is 0.192 e. The standard InChI is InChI=1S/C22H18ClN3OS/c23-19-11-4-10-18(15-19)21-24-25-22(26(21)16-20-12-5-13-27-20)28-14-6-9-17-7-2-1-3-8-17/h1-13,15H,14,16H2/b9-6+. The van der Waals surface area contributed by atoms with Crippen LogP contribution in [0.2, 0.25) is 5.02 Å². The fourth-order valence-electron chi connectivity index (χ4n) is 2.81. The molecule has 0 unspecified atom stereocenters. The molecule has 0 saturated carbocycles. The monoisotopic (exact) mass is 407 g/mol. The lowest BCUT2D eigenvalue weighted by atomic mass is 10.2. The van der Waals surface area contributed by atoms with E-state index in [1.165, 1.54) is 5.56 Å². The van der Waals surface area contributed by atoms with Gasteiger partial charge in [0.2, 0.25) is 0 Å². The van der Waals surface area contributed by atoms with E-state index in [4.69, 9.17) is 16.0 Å². The van der Waals surface area contributed by atoms with Crippen molar-refractivity contribution in [2.75, 3.05) is 5.75 Å². The van der Waals surface area contributed by atoms with Gasteiger partial charge < -0.3 is 4.42 Å². The molecular weight excluding hydrogens is 390 g/mol. The van der Waals surface area contributed by atoms with E-state index in [1.54, 1.807) is 18.0 Å². The normalized spacial score (nSPS) is 11.3. The fraction of sp³-hybridized carbons (Fsp3) is 0.0909. The second-order valence-corrected chi connectivity index (χ2v) is 7.53. The van der Waals surface area contributed by atoms with E-state index in [2.05, 4.69) is 39.0 Å². The van der Waals surface area contributed by atoms with Crippen molar-refractivity contribution in [1.29, 1.82) is 0 Å². The first-order valence-electron chi connectivity index (χ1n) is 8.85. The van der Waals surface area contributed by atoms with Gasteiger partial charge in [-0.15, -0.1) is 10.2 Å². The molecule has 0 spiro atoms. The highest BCUT2D eigenvalue weighted by atomic mass is 35.5. The lowest BCUT2D eigenvalue weighted by Crippen LogP contribution is -2.03. The van der Waals surface area contributed by atoms with Crippen LogP contribution in [-0.4, -0.2) is 20.5 Å². The van der Waals surface area contributed by atoms with Crippen molar-refractivity contribution in [3.8, 4) is 11.4 Å². The van der Waals surface area contributed by atoms with Crippen LogP contribution in [0.4, 0.5) is 0 Å². The zero-order chi connectivity index (χ0) is 19.2. The Morgan fingerprint density at radius 2 is 1.89 bits per heavy atom. The van der Waals surface area contributed by atoms with Gasteiger partial charge in [-0.1, -0.05) is 78.0 Å². The number of thioether (sulfide) groups is 1. The van der Waals surface area contributed by atoms with Crippen molar-refractivity contribution in [3.63, 3.8) is 0 Å². The van der Waals surface area contributed by atoms with Crippen LogP contribution in [0.15, 0.2) is 88.6 Å². The third-order valence-corrected chi connectivity index (χ3v) is 5.27. The predicted molar refractivity (Wildman–Crippen MR) is 114 cm³/mol. The van der Waals surface area contributed by atoms with Crippen LogP contribution in [0.5, 0.6) is 0 Å². The number of hydrogen-bond donors (Lipinski definition) is 0. The van der Waals surface area contributed by atoms with E-state index < -0.39 is 0 Å². The van der Waals surface area contributed by atoms with Crippen LogP contribution in [0.1, 0.15) is 11.3 Å². The van der Waals surface area contributed by atoms with Gasteiger partial charge in [0, 0.05) is 16.3 Å². The average molecular weight is 408 g/mol. The highest BCUT2D eigenvalue weighted by molar-refractivity contribution is 7.99. The maximum atomic E-state index is 6.17. The lowest BCUT2D eigenvalue weighted by Gasteiger charge is -2.08. The third kappa shape index (κ3) is 4.55. The molecule has 0 fully saturated rings. The van der Waals surface area contributed by atoms with Gasteiger partial charge in [0.15, 0.2) is 11.0 Å². The zero-order valence-electron chi connectivity index (χ0n) is 15.0. The summed E-state index contributed by atoms with van der Waals surface area (Å²) in [6.07, 6.45) is 5.91. The largest absolute Gasteiger partial charge is 0.467 e. The summed E-state index contributed by atoms with van der Waals surface area (Å²) in [4.78, 5) is 0. The molecule has 2 aromatic carbocycles. The molecular formula is C22H18ClN3OS. The molecule has 4 rings (SSSR count). The Kier molecular flexibility index (Phi) is 5.95. The van der Waals surface area contributed by atoms with Gasteiger partial charge in [-0.25, -0.2) is 0 Å². The Bertz CT molecular complexity index is 1060. The minimum absolute atomic E-state index is 0.562. The summed E-state index contributed by atoms with van der Waals surface area (Å²) in [6, 6.07) is 21.7. The minimum Gasteiger partial charge on any atom is -0.467 e. The van der Waals surface area contributed by atoms with E-state index in [0.29, 0.717) is 11.6 Å². The Labute approximate surface area is 172 Å². The van der Waals surface area contributed by atoms with Gasteiger partial charge in [-0.3, -0.25) is 4.57 Å². The number of rotatable bonds is 7. The average Bonchev–Trinajstić information content (AvgIpc) is 3.37. The van der Waals surface area contributed by atoms with E-state index in [9.17, 15) is 0 Å². The maximum absolute atomic E-state index is 6.17. The number of furan rings is 1. The molecule has 0 bridgehead atoms. The fourth-order valence-corrected chi connectivity index (χ4v) is 3.75. The molecule has 28 heavy (non-hydrogen) atoms. The van der Waals surface area contributed by atoms with Crippen molar-refractivity contribution in [2.24, 2.45) is 0 Å². The van der Waals surface area contributed by atoms with E-state index in [-0.39, 0.29) is 0 Å². The van der Waals surface area contributed by atoms with Gasteiger partial charge in [-0.05, 0) is 29.8 Å². The summed E-state index contributed by atoms with van der Waals surface area (Å²) < 4.78 is 7.60. The van der Waals surface area contributed by atoms with Crippen molar-refractivity contribution < 1.29 is 4.42 Å². The summed E-state index contributed by atoms with van der Waals surface area (Å²) in [5, 5.41) is 10.3. The van der Waals surface area contributed by atoms with Gasteiger partial charge >= 0.3 is 0 Å². The molecule has 2 heterocycles. The molecule has 0 aliphatic rings. The first kappa shape index (κ1) is 18.6. The Balaban J connectivity index is 1.57. The SMILES string of the molecule is Clc1cccc(-c2nnc(SC/C=C/c3ccccc3)n2Cc2ccco2)c1.